The topological polar surface area (TPSA) is 63.2 Å². The molecule has 0 atom stereocenters. The molecule has 0 spiro atoms. The number of aromatic nitrogens is 1. The summed E-state index contributed by atoms with van der Waals surface area (Å²) in [4.78, 5) is 16.3. The third-order valence-electron chi connectivity index (χ3n) is 2.94. The van der Waals surface area contributed by atoms with Crippen molar-refractivity contribution in [3.63, 3.8) is 0 Å². The highest BCUT2D eigenvalue weighted by molar-refractivity contribution is 6.03. The van der Waals surface area contributed by atoms with Crippen LogP contribution in [0.5, 0.6) is 5.75 Å². The zero-order valence-electron chi connectivity index (χ0n) is 12.2. The number of nitrogens with one attached hydrogen (secondary N) is 2. The minimum atomic E-state index is -0.195. The lowest BCUT2D eigenvalue weighted by Gasteiger charge is -2.07. The predicted molar refractivity (Wildman–Crippen MR) is 84.0 cm³/mol. The Labute approximate surface area is 124 Å². The molecule has 1 amide bonds. The molecule has 1 heterocycles. The molecule has 1 aromatic carbocycles. The van der Waals surface area contributed by atoms with Crippen LogP contribution < -0.4 is 15.4 Å². The van der Waals surface area contributed by atoms with Gasteiger partial charge in [0.05, 0.1) is 19.0 Å². The molecule has 0 radical (unpaired) electrons. The number of amides is 1. The van der Waals surface area contributed by atoms with E-state index in [4.69, 9.17) is 4.74 Å². The highest BCUT2D eigenvalue weighted by Crippen LogP contribution is 2.14. The summed E-state index contributed by atoms with van der Waals surface area (Å²) in [6.45, 7) is 3.00. The average molecular weight is 285 g/mol. The van der Waals surface area contributed by atoms with Crippen molar-refractivity contribution in [2.45, 2.75) is 13.3 Å². The lowest BCUT2D eigenvalue weighted by atomic mass is 10.2. The molecule has 2 rings (SSSR count). The molecule has 0 aliphatic heterocycles. The molecular formula is C16H19N3O2. The summed E-state index contributed by atoms with van der Waals surface area (Å²) >= 11 is 0. The van der Waals surface area contributed by atoms with Gasteiger partial charge in [0.15, 0.2) is 0 Å². The molecule has 0 aliphatic rings. The summed E-state index contributed by atoms with van der Waals surface area (Å²) in [5, 5.41) is 5.99. The van der Waals surface area contributed by atoms with Crippen molar-refractivity contribution in [2.75, 3.05) is 24.3 Å². The van der Waals surface area contributed by atoms with Gasteiger partial charge in [-0.25, -0.2) is 4.98 Å². The second-order valence-corrected chi connectivity index (χ2v) is 4.54. The van der Waals surface area contributed by atoms with E-state index in [1.54, 1.807) is 43.6 Å². The first kappa shape index (κ1) is 14.8. The number of pyridine rings is 1. The molecule has 110 valence electrons. The van der Waals surface area contributed by atoms with Gasteiger partial charge in [0.2, 0.25) is 0 Å². The van der Waals surface area contributed by atoms with Crippen molar-refractivity contribution < 1.29 is 9.53 Å². The molecular weight excluding hydrogens is 266 g/mol. The summed E-state index contributed by atoms with van der Waals surface area (Å²) in [6, 6.07) is 10.6. The molecule has 1 aromatic heterocycles. The van der Waals surface area contributed by atoms with Gasteiger partial charge >= 0.3 is 0 Å². The fraction of sp³-hybridized carbons (Fsp3) is 0.250. The van der Waals surface area contributed by atoms with Gasteiger partial charge in [-0.2, -0.15) is 0 Å². The van der Waals surface area contributed by atoms with Gasteiger partial charge in [-0.05, 0) is 42.8 Å². The Hall–Kier alpha value is -2.56. The quantitative estimate of drug-likeness (QED) is 0.855. The number of carbonyl (C=O) groups is 1. The number of methoxy groups -OCH3 is 1. The molecule has 0 fully saturated rings. The van der Waals surface area contributed by atoms with Crippen molar-refractivity contribution in [1.29, 1.82) is 0 Å². The normalized spacial score (nSPS) is 10.0. The maximum atomic E-state index is 12.1. The highest BCUT2D eigenvalue weighted by Gasteiger charge is 2.06. The minimum absolute atomic E-state index is 0.195. The molecule has 21 heavy (non-hydrogen) atoms. The van der Waals surface area contributed by atoms with Crippen LogP contribution in [-0.2, 0) is 0 Å². The second kappa shape index (κ2) is 7.28. The van der Waals surface area contributed by atoms with Gasteiger partial charge < -0.3 is 15.4 Å². The molecule has 0 bridgehead atoms. The zero-order chi connectivity index (χ0) is 15.1. The van der Waals surface area contributed by atoms with Gasteiger partial charge in [0.1, 0.15) is 11.6 Å². The van der Waals surface area contributed by atoms with Gasteiger partial charge in [-0.1, -0.05) is 6.92 Å². The second-order valence-electron chi connectivity index (χ2n) is 4.54. The lowest BCUT2D eigenvalue weighted by Crippen LogP contribution is -2.13. The van der Waals surface area contributed by atoms with E-state index in [1.807, 2.05) is 6.07 Å². The van der Waals surface area contributed by atoms with Crippen molar-refractivity contribution >= 4 is 17.4 Å². The first-order valence-corrected chi connectivity index (χ1v) is 6.88. The number of nitrogens with zero attached hydrogens (tertiary/aromatic N) is 1. The summed E-state index contributed by atoms with van der Waals surface area (Å²) < 4.78 is 5.06. The first-order valence-electron chi connectivity index (χ1n) is 6.88. The Morgan fingerprint density at radius 3 is 2.52 bits per heavy atom. The summed E-state index contributed by atoms with van der Waals surface area (Å²) in [7, 11) is 1.59. The third-order valence-corrected chi connectivity index (χ3v) is 2.94. The Bertz CT molecular complexity index is 579. The van der Waals surface area contributed by atoms with Crippen molar-refractivity contribution in [3.8, 4) is 5.75 Å². The first-order chi connectivity index (χ1) is 10.2. The average Bonchev–Trinajstić information content (AvgIpc) is 2.54. The van der Waals surface area contributed by atoms with E-state index in [-0.39, 0.29) is 5.91 Å². The SMILES string of the molecule is CCCNc1ccc(NC(=O)c2ccc(OC)cc2)nc1. The van der Waals surface area contributed by atoms with Crippen LogP contribution in [0, 0.1) is 0 Å². The van der Waals surface area contributed by atoms with Gasteiger partial charge in [0.25, 0.3) is 5.91 Å². The molecule has 0 unspecified atom stereocenters. The molecule has 5 nitrogen and oxygen atoms in total. The van der Waals surface area contributed by atoms with Crippen LogP contribution in [0.3, 0.4) is 0 Å². The van der Waals surface area contributed by atoms with E-state index in [9.17, 15) is 4.79 Å². The minimum Gasteiger partial charge on any atom is -0.497 e. The monoisotopic (exact) mass is 285 g/mol. The summed E-state index contributed by atoms with van der Waals surface area (Å²) in [5.74, 6) is 1.05. The van der Waals surface area contributed by atoms with Crippen LogP contribution in [0.2, 0.25) is 0 Å². The van der Waals surface area contributed by atoms with Crippen molar-refractivity contribution in [1.82, 2.24) is 4.98 Å². The van der Waals surface area contributed by atoms with E-state index in [0.717, 1.165) is 24.4 Å². The Balaban J connectivity index is 1.98. The Morgan fingerprint density at radius 2 is 1.95 bits per heavy atom. The molecule has 5 heteroatoms. The number of hydrogen-bond donors (Lipinski definition) is 2. The number of hydrogen-bond acceptors (Lipinski definition) is 4. The molecule has 0 saturated heterocycles. The van der Waals surface area contributed by atoms with Crippen LogP contribution >= 0.6 is 0 Å². The lowest BCUT2D eigenvalue weighted by molar-refractivity contribution is 0.102. The fourth-order valence-corrected chi connectivity index (χ4v) is 1.77. The van der Waals surface area contributed by atoms with Crippen LogP contribution in [-0.4, -0.2) is 24.5 Å². The summed E-state index contributed by atoms with van der Waals surface area (Å²) in [6.07, 6.45) is 2.76. The molecule has 2 N–H and O–H groups in total. The number of anilines is 2. The third kappa shape index (κ3) is 4.21. The number of benzene rings is 1. The van der Waals surface area contributed by atoms with Crippen LogP contribution in [0.15, 0.2) is 42.6 Å². The van der Waals surface area contributed by atoms with Crippen LogP contribution in [0.4, 0.5) is 11.5 Å². The number of ether oxygens (including phenoxy) is 1. The standard InChI is InChI=1S/C16H19N3O2/c1-3-10-17-13-6-9-15(18-11-13)19-16(20)12-4-7-14(21-2)8-5-12/h4-9,11,17H,3,10H2,1-2H3,(H,18,19,20). The summed E-state index contributed by atoms with van der Waals surface area (Å²) in [5.41, 5.74) is 1.50. The van der Waals surface area contributed by atoms with E-state index in [1.165, 1.54) is 0 Å². The van der Waals surface area contributed by atoms with Crippen LogP contribution in [0.1, 0.15) is 23.7 Å². The fourth-order valence-electron chi connectivity index (χ4n) is 1.77. The Kier molecular flexibility index (Phi) is 5.15. The van der Waals surface area contributed by atoms with E-state index < -0.39 is 0 Å². The zero-order valence-corrected chi connectivity index (χ0v) is 12.2. The maximum absolute atomic E-state index is 12.1. The molecule has 2 aromatic rings. The van der Waals surface area contributed by atoms with Gasteiger partial charge in [-0.15, -0.1) is 0 Å². The van der Waals surface area contributed by atoms with E-state index in [2.05, 4.69) is 22.5 Å². The molecule has 0 aliphatic carbocycles. The predicted octanol–water partition coefficient (Wildman–Crippen LogP) is 3.16. The Morgan fingerprint density at radius 1 is 1.19 bits per heavy atom. The maximum Gasteiger partial charge on any atom is 0.256 e. The van der Waals surface area contributed by atoms with Crippen LogP contribution in [0.25, 0.3) is 0 Å². The largest absolute Gasteiger partial charge is 0.497 e. The molecule has 0 saturated carbocycles. The van der Waals surface area contributed by atoms with Crippen molar-refractivity contribution in [3.05, 3.63) is 48.2 Å². The van der Waals surface area contributed by atoms with Gasteiger partial charge in [-0.3, -0.25) is 4.79 Å². The van der Waals surface area contributed by atoms with E-state index >= 15 is 0 Å². The van der Waals surface area contributed by atoms with Gasteiger partial charge in [0, 0.05) is 12.1 Å². The number of carbonyl (C=O) groups excluding carboxylic acids is 1. The highest BCUT2D eigenvalue weighted by atomic mass is 16.5. The van der Waals surface area contributed by atoms with E-state index in [0.29, 0.717) is 11.4 Å². The number of rotatable bonds is 6. The smallest absolute Gasteiger partial charge is 0.256 e. The van der Waals surface area contributed by atoms with Crippen molar-refractivity contribution in [2.24, 2.45) is 0 Å².